The molecule has 0 aromatic heterocycles. The third-order valence-corrected chi connectivity index (χ3v) is 3.86. The first-order valence-corrected chi connectivity index (χ1v) is 8.72. The van der Waals surface area contributed by atoms with Gasteiger partial charge in [-0.25, -0.2) is 4.79 Å². The summed E-state index contributed by atoms with van der Waals surface area (Å²) in [4.78, 5) is 11.0. The fourth-order valence-corrected chi connectivity index (χ4v) is 2.56. The topological polar surface area (TPSA) is 35.5 Å². The molecule has 0 aliphatic heterocycles. The largest absolute Gasteiger partial charge is 0.508 e. The Kier molecular flexibility index (Phi) is 14.0. The summed E-state index contributed by atoms with van der Waals surface area (Å²) in [6, 6.07) is 0. The van der Waals surface area contributed by atoms with Gasteiger partial charge in [-0.1, -0.05) is 13.3 Å². The lowest BCUT2D eigenvalue weighted by Gasteiger charge is -2.05. The molecule has 0 bridgehead atoms. The van der Waals surface area contributed by atoms with Gasteiger partial charge in [-0.05, 0) is 42.8 Å². The van der Waals surface area contributed by atoms with Crippen LogP contribution < -0.4 is 0 Å². The lowest BCUT2D eigenvalue weighted by atomic mass is 10.4. The number of hydrogen-bond donors (Lipinski definition) is 0. The van der Waals surface area contributed by atoms with Crippen molar-refractivity contribution < 1.29 is 14.3 Å². The molecule has 0 saturated carbocycles. The van der Waals surface area contributed by atoms with Crippen LogP contribution >= 0.6 is 23.5 Å². The lowest BCUT2D eigenvalue weighted by Crippen LogP contribution is -2.09. The molecule has 0 heterocycles. The van der Waals surface area contributed by atoms with Crippen LogP contribution in [0.5, 0.6) is 0 Å². The van der Waals surface area contributed by atoms with Crippen molar-refractivity contribution in [1.29, 1.82) is 0 Å². The summed E-state index contributed by atoms with van der Waals surface area (Å²) in [5.41, 5.74) is 0. The Morgan fingerprint density at radius 1 is 1.00 bits per heavy atom. The van der Waals surface area contributed by atoms with Crippen LogP contribution in [0, 0.1) is 0 Å². The van der Waals surface area contributed by atoms with Gasteiger partial charge in [-0.15, -0.1) is 0 Å². The molecule has 0 N–H and O–H groups in total. The number of rotatable bonds is 11. The first-order valence-electron chi connectivity index (χ1n) is 6.17. The highest BCUT2D eigenvalue weighted by Gasteiger charge is 2.02. The summed E-state index contributed by atoms with van der Waals surface area (Å²) in [6.07, 6.45) is 5.70. The normalized spacial score (nSPS) is 10.2. The molecule has 0 aliphatic rings. The van der Waals surface area contributed by atoms with Crippen LogP contribution in [-0.4, -0.2) is 42.9 Å². The molecule has 3 nitrogen and oxygen atoms in total. The van der Waals surface area contributed by atoms with E-state index in [1.807, 2.05) is 23.5 Å². The molecule has 0 aliphatic carbocycles. The van der Waals surface area contributed by atoms with Crippen molar-refractivity contribution in [3.8, 4) is 0 Å². The van der Waals surface area contributed by atoms with E-state index in [1.54, 1.807) is 0 Å². The van der Waals surface area contributed by atoms with Gasteiger partial charge in [0.15, 0.2) is 0 Å². The highest BCUT2D eigenvalue weighted by atomic mass is 32.2. The van der Waals surface area contributed by atoms with Crippen LogP contribution in [-0.2, 0) is 9.47 Å². The van der Waals surface area contributed by atoms with Gasteiger partial charge in [-0.3, -0.25) is 0 Å². The van der Waals surface area contributed by atoms with Crippen LogP contribution in [0.1, 0.15) is 32.6 Å². The minimum Gasteiger partial charge on any atom is -0.434 e. The smallest absolute Gasteiger partial charge is 0.434 e. The maximum absolute atomic E-state index is 11.0. The summed E-state index contributed by atoms with van der Waals surface area (Å²) >= 11 is 3.80. The Balaban J connectivity index is 3.08. The number of thioether (sulfide) groups is 2. The third kappa shape index (κ3) is 13.9. The number of carbonyl (C=O) groups is 1. The second-order valence-corrected chi connectivity index (χ2v) is 5.82. The molecule has 0 unspecified atom stereocenters. The predicted molar refractivity (Wildman–Crippen MR) is 77.1 cm³/mol. The second kappa shape index (κ2) is 14.0. The van der Waals surface area contributed by atoms with Crippen LogP contribution in [0.4, 0.5) is 4.79 Å². The van der Waals surface area contributed by atoms with Gasteiger partial charge in [0.2, 0.25) is 0 Å². The van der Waals surface area contributed by atoms with Gasteiger partial charge in [0, 0.05) is 0 Å². The van der Waals surface area contributed by atoms with Crippen molar-refractivity contribution in [1.82, 2.24) is 0 Å². The van der Waals surface area contributed by atoms with Crippen molar-refractivity contribution in [2.45, 2.75) is 32.6 Å². The van der Waals surface area contributed by atoms with E-state index in [1.165, 1.54) is 17.9 Å². The first-order chi connectivity index (χ1) is 8.31. The van der Waals surface area contributed by atoms with E-state index in [0.717, 1.165) is 25.0 Å². The summed E-state index contributed by atoms with van der Waals surface area (Å²) < 4.78 is 9.81. The average molecular weight is 280 g/mol. The maximum Gasteiger partial charge on any atom is 0.508 e. The SMILES string of the molecule is CCCCOC(=O)OCCCSCCCSC. The zero-order chi connectivity index (χ0) is 12.8. The Bertz CT molecular complexity index is 177. The van der Waals surface area contributed by atoms with Crippen molar-refractivity contribution in [3.63, 3.8) is 0 Å². The van der Waals surface area contributed by atoms with Crippen molar-refractivity contribution >= 4 is 29.7 Å². The Labute approximate surface area is 113 Å². The Morgan fingerprint density at radius 3 is 2.29 bits per heavy atom. The van der Waals surface area contributed by atoms with Crippen molar-refractivity contribution in [2.75, 3.05) is 36.7 Å². The van der Waals surface area contributed by atoms with Crippen LogP contribution in [0.25, 0.3) is 0 Å². The van der Waals surface area contributed by atoms with E-state index in [9.17, 15) is 4.79 Å². The maximum atomic E-state index is 11.0. The zero-order valence-corrected chi connectivity index (χ0v) is 12.5. The molecular formula is C12H24O3S2. The lowest BCUT2D eigenvalue weighted by molar-refractivity contribution is 0.0547. The fourth-order valence-electron chi connectivity index (χ4n) is 1.07. The van der Waals surface area contributed by atoms with Gasteiger partial charge in [0.25, 0.3) is 0 Å². The van der Waals surface area contributed by atoms with Crippen LogP contribution in [0.2, 0.25) is 0 Å². The summed E-state index contributed by atoms with van der Waals surface area (Å²) in [7, 11) is 0. The molecule has 0 saturated heterocycles. The first kappa shape index (κ1) is 17.0. The minimum absolute atomic E-state index is 0.471. The quantitative estimate of drug-likeness (QED) is 0.425. The summed E-state index contributed by atoms with van der Waals surface area (Å²) in [5.74, 6) is 3.48. The summed E-state index contributed by atoms with van der Waals surface area (Å²) in [5, 5.41) is 0. The number of hydrogen-bond acceptors (Lipinski definition) is 5. The second-order valence-electron chi connectivity index (χ2n) is 3.61. The number of unbranched alkanes of at least 4 members (excludes halogenated alkanes) is 1. The highest BCUT2D eigenvalue weighted by Crippen LogP contribution is 2.07. The average Bonchev–Trinajstić information content (AvgIpc) is 2.33. The van der Waals surface area contributed by atoms with Gasteiger partial charge in [0.05, 0.1) is 13.2 Å². The van der Waals surface area contributed by atoms with E-state index in [0.29, 0.717) is 13.2 Å². The molecule has 0 amide bonds. The molecule has 5 heteroatoms. The van der Waals surface area contributed by atoms with E-state index in [-0.39, 0.29) is 0 Å². The minimum atomic E-state index is -0.522. The Morgan fingerprint density at radius 2 is 1.65 bits per heavy atom. The molecule has 17 heavy (non-hydrogen) atoms. The molecule has 0 atom stereocenters. The van der Waals surface area contributed by atoms with E-state index >= 15 is 0 Å². The van der Waals surface area contributed by atoms with E-state index in [4.69, 9.17) is 9.47 Å². The molecule has 102 valence electrons. The molecular weight excluding hydrogens is 256 g/mol. The van der Waals surface area contributed by atoms with Gasteiger partial charge in [-0.2, -0.15) is 23.5 Å². The number of carbonyl (C=O) groups excluding carboxylic acids is 1. The van der Waals surface area contributed by atoms with Gasteiger partial charge < -0.3 is 9.47 Å². The van der Waals surface area contributed by atoms with Crippen LogP contribution in [0.3, 0.4) is 0 Å². The molecule has 0 aromatic rings. The zero-order valence-electron chi connectivity index (χ0n) is 10.9. The molecule has 0 spiro atoms. The molecule has 0 fully saturated rings. The number of ether oxygens (including phenoxy) is 2. The van der Waals surface area contributed by atoms with Crippen molar-refractivity contribution in [2.24, 2.45) is 0 Å². The predicted octanol–water partition coefficient (Wildman–Crippen LogP) is 3.82. The molecule has 0 rings (SSSR count). The molecule has 0 aromatic carbocycles. The molecule has 0 radical (unpaired) electrons. The van der Waals surface area contributed by atoms with Gasteiger partial charge >= 0.3 is 6.16 Å². The van der Waals surface area contributed by atoms with E-state index in [2.05, 4.69) is 13.2 Å². The van der Waals surface area contributed by atoms with Gasteiger partial charge in [0.1, 0.15) is 0 Å². The highest BCUT2D eigenvalue weighted by molar-refractivity contribution is 7.99. The standard InChI is InChI=1S/C12H24O3S2/c1-3-4-7-14-12(13)15-8-5-10-17-11-6-9-16-2/h3-11H2,1-2H3. The third-order valence-electron chi connectivity index (χ3n) is 2.01. The summed E-state index contributed by atoms with van der Waals surface area (Å²) in [6.45, 7) is 3.00. The van der Waals surface area contributed by atoms with Crippen LogP contribution in [0.15, 0.2) is 0 Å². The fraction of sp³-hybridized carbons (Fsp3) is 0.917. The Hall–Kier alpha value is -0.0300. The van der Waals surface area contributed by atoms with Crippen molar-refractivity contribution in [3.05, 3.63) is 0 Å². The van der Waals surface area contributed by atoms with E-state index < -0.39 is 6.16 Å². The monoisotopic (exact) mass is 280 g/mol.